The van der Waals surface area contributed by atoms with Crippen LogP contribution in [0.3, 0.4) is 0 Å². The van der Waals surface area contributed by atoms with E-state index in [-0.39, 0.29) is 6.04 Å². The minimum atomic E-state index is 0.0126. The highest BCUT2D eigenvalue weighted by Crippen LogP contribution is 2.30. The largest absolute Gasteiger partial charge is 0.341 e. The van der Waals surface area contributed by atoms with Gasteiger partial charge in [-0.3, -0.25) is 9.69 Å². The second-order valence-electron chi connectivity index (χ2n) is 8.13. The van der Waals surface area contributed by atoms with E-state index >= 15 is 0 Å². The van der Waals surface area contributed by atoms with Gasteiger partial charge >= 0.3 is 0 Å². The smallest absolute Gasteiger partial charge is 0.245 e. The monoisotopic (exact) mass is 348 g/mol. The minimum absolute atomic E-state index is 0.0126. The molecular formula is C19H32N4O2. The summed E-state index contributed by atoms with van der Waals surface area (Å²) in [4.78, 5) is 21.8. The van der Waals surface area contributed by atoms with Crippen LogP contribution in [0.2, 0.25) is 0 Å². The average molecular weight is 348 g/mol. The van der Waals surface area contributed by atoms with Crippen molar-refractivity contribution in [2.75, 3.05) is 26.2 Å². The summed E-state index contributed by atoms with van der Waals surface area (Å²) in [5, 5.41) is 3.97. The molecule has 1 unspecified atom stereocenters. The lowest BCUT2D eigenvalue weighted by Crippen LogP contribution is -2.39. The fraction of sp³-hybridized carbons (Fsp3) is 0.842. The van der Waals surface area contributed by atoms with Crippen molar-refractivity contribution in [3.8, 4) is 0 Å². The zero-order valence-corrected chi connectivity index (χ0v) is 15.9. The van der Waals surface area contributed by atoms with Crippen molar-refractivity contribution >= 4 is 5.91 Å². The molecule has 1 aliphatic carbocycles. The lowest BCUT2D eigenvalue weighted by atomic mass is 10.0. The first kappa shape index (κ1) is 18.4. The van der Waals surface area contributed by atoms with Crippen molar-refractivity contribution in [1.29, 1.82) is 0 Å². The third-order valence-electron chi connectivity index (χ3n) is 5.43. The first-order chi connectivity index (χ1) is 12.0. The van der Waals surface area contributed by atoms with Crippen LogP contribution in [0.5, 0.6) is 0 Å². The predicted molar refractivity (Wildman–Crippen MR) is 96.0 cm³/mol. The van der Waals surface area contributed by atoms with Gasteiger partial charge in [-0.05, 0) is 38.0 Å². The number of nitrogens with zero attached hydrogens (tertiary/aromatic N) is 4. The van der Waals surface area contributed by atoms with E-state index in [0.29, 0.717) is 42.4 Å². The number of aromatic nitrogens is 2. The fourth-order valence-corrected chi connectivity index (χ4v) is 4.22. The molecule has 1 saturated heterocycles. The molecule has 2 aliphatic rings. The number of hydrogen-bond donors (Lipinski definition) is 0. The molecule has 25 heavy (non-hydrogen) atoms. The Labute approximate surface area is 150 Å². The highest BCUT2D eigenvalue weighted by Gasteiger charge is 2.33. The molecule has 1 aliphatic heterocycles. The van der Waals surface area contributed by atoms with Gasteiger partial charge in [0.05, 0.1) is 0 Å². The first-order valence-electron chi connectivity index (χ1n) is 9.85. The van der Waals surface area contributed by atoms with Gasteiger partial charge < -0.3 is 9.42 Å². The molecule has 2 fully saturated rings. The summed E-state index contributed by atoms with van der Waals surface area (Å²) in [6, 6.07) is 0.0126. The molecule has 1 aromatic rings. The quantitative estimate of drug-likeness (QED) is 0.818. The van der Waals surface area contributed by atoms with Crippen LogP contribution in [0, 0.1) is 18.8 Å². The predicted octanol–water partition coefficient (Wildman–Crippen LogP) is 3.19. The Kier molecular flexibility index (Phi) is 6.10. The molecule has 0 N–H and O–H groups in total. The minimum Gasteiger partial charge on any atom is -0.341 e. The van der Waals surface area contributed by atoms with Gasteiger partial charge in [0.2, 0.25) is 11.8 Å². The summed E-state index contributed by atoms with van der Waals surface area (Å²) in [6.45, 7) is 9.76. The van der Waals surface area contributed by atoms with E-state index in [1.807, 2.05) is 11.8 Å². The first-order valence-corrected chi connectivity index (χ1v) is 9.85. The van der Waals surface area contributed by atoms with Crippen LogP contribution in [0.25, 0.3) is 0 Å². The van der Waals surface area contributed by atoms with Crippen molar-refractivity contribution in [2.24, 2.45) is 11.8 Å². The summed E-state index contributed by atoms with van der Waals surface area (Å²) < 4.78 is 5.49. The maximum absolute atomic E-state index is 12.9. The van der Waals surface area contributed by atoms with Crippen LogP contribution in [0.15, 0.2) is 4.52 Å². The van der Waals surface area contributed by atoms with Gasteiger partial charge in [-0.25, -0.2) is 0 Å². The van der Waals surface area contributed by atoms with Gasteiger partial charge in [0.25, 0.3) is 0 Å². The molecule has 0 radical (unpaired) electrons. The lowest BCUT2D eigenvalue weighted by molar-refractivity contribution is -0.132. The molecule has 2 heterocycles. The molecule has 1 saturated carbocycles. The van der Waals surface area contributed by atoms with E-state index in [1.165, 1.54) is 25.7 Å². The second-order valence-corrected chi connectivity index (χ2v) is 8.13. The van der Waals surface area contributed by atoms with Crippen LogP contribution < -0.4 is 0 Å². The molecule has 0 aromatic carbocycles. The lowest BCUT2D eigenvalue weighted by Gasteiger charge is -2.30. The molecule has 3 rings (SSSR count). The van der Waals surface area contributed by atoms with E-state index in [9.17, 15) is 4.79 Å². The van der Waals surface area contributed by atoms with E-state index in [2.05, 4.69) is 28.9 Å². The van der Waals surface area contributed by atoms with Crippen molar-refractivity contribution in [2.45, 2.75) is 65.3 Å². The van der Waals surface area contributed by atoms with Crippen LogP contribution in [-0.2, 0) is 4.79 Å². The normalized spacial score (nSPS) is 23.4. The Morgan fingerprint density at radius 3 is 2.64 bits per heavy atom. The van der Waals surface area contributed by atoms with Gasteiger partial charge in [0.15, 0.2) is 5.82 Å². The Hall–Kier alpha value is -1.43. The summed E-state index contributed by atoms with van der Waals surface area (Å²) >= 11 is 0. The van der Waals surface area contributed by atoms with Gasteiger partial charge in [0.1, 0.15) is 6.04 Å². The summed E-state index contributed by atoms with van der Waals surface area (Å²) in [5.41, 5.74) is 0. The SMILES string of the molecule is Cc1noc(C2CN(C(=O)CC3CCCC3)CCCN2CC(C)C)n1. The Bertz CT molecular complexity index is 566. The maximum atomic E-state index is 12.9. The molecule has 1 atom stereocenters. The summed E-state index contributed by atoms with van der Waals surface area (Å²) in [6.07, 6.45) is 6.71. The van der Waals surface area contributed by atoms with E-state index < -0.39 is 0 Å². The highest BCUT2D eigenvalue weighted by atomic mass is 16.5. The highest BCUT2D eigenvalue weighted by molar-refractivity contribution is 5.76. The van der Waals surface area contributed by atoms with E-state index in [1.54, 1.807) is 0 Å². The zero-order chi connectivity index (χ0) is 17.8. The average Bonchev–Trinajstić information content (AvgIpc) is 3.16. The topological polar surface area (TPSA) is 62.5 Å². The van der Waals surface area contributed by atoms with Crippen LogP contribution in [-0.4, -0.2) is 52.0 Å². The maximum Gasteiger partial charge on any atom is 0.245 e. The van der Waals surface area contributed by atoms with E-state index in [4.69, 9.17) is 4.52 Å². The van der Waals surface area contributed by atoms with Crippen molar-refractivity contribution < 1.29 is 9.32 Å². The van der Waals surface area contributed by atoms with Crippen molar-refractivity contribution in [3.63, 3.8) is 0 Å². The number of carbonyl (C=O) groups is 1. The van der Waals surface area contributed by atoms with Crippen molar-refractivity contribution in [3.05, 3.63) is 11.7 Å². The molecule has 1 aromatic heterocycles. The molecule has 6 heteroatoms. The van der Waals surface area contributed by atoms with Crippen molar-refractivity contribution in [1.82, 2.24) is 19.9 Å². The second kappa shape index (κ2) is 8.30. The number of rotatable bonds is 5. The number of carbonyl (C=O) groups excluding carboxylic acids is 1. The zero-order valence-electron chi connectivity index (χ0n) is 15.9. The number of hydrogen-bond acceptors (Lipinski definition) is 5. The van der Waals surface area contributed by atoms with Gasteiger partial charge in [-0.1, -0.05) is 31.8 Å². The van der Waals surface area contributed by atoms with Crippen LogP contribution in [0.1, 0.15) is 70.1 Å². The molecule has 1 amide bonds. The molecule has 0 spiro atoms. The molecule has 140 valence electrons. The Morgan fingerprint density at radius 1 is 1.24 bits per heavy atom. The third kappa shape index (κ3) is 4.81. The summed E-state index contributed by atoms with van der Waals surface area (Å²) in [5.74, 6) is 2.77. The Morgan fingerprint density at radius 2 is 2.00 bits per heavy atom. The fourth-order valence-electron chi connectivity index (χ4n) is 4.22. The van der Waals surface area contributed by atoms with Crippen LogP contribution >= 0.6 is 0 Å². The Balaban J connectivity index is 1.72. The standard InChI is InChI=1S/C19H32N4O2/c1-14(2)12-22-9-6-10-23(18(24)11-16-7-4-5-8-16)13-17(22)19-20-15(3)21-25-19/h14,16-17H,4-13H2,1-3H3. The number of aryl methyl sites for hydroxylation is 1. The third-order valence-corrected chi connectivity index (χ3v) is 5.43. The molecule has 0 bridgehead atoms. The van der Waals surface area contributed by atoms with Gasteiger partial charge in [0, 0.05) is 32.6 Å². The molecular weight excluding hydrogens is 316 g/mol. The van der Waals surface area contributed by atoms with E-state index in [0.717, 1.165) is 26.1 Å². The number of amides is 1. The van der Waals surface area contributed by atoms with Gasteiger partial charge in [-0.2, -0.15) is 4.98 Å². The van der Waals surface area contributed by atoms with Gasteiger partial charge in [-0.15, -0.1) is 0 Å². The van der Waals surface area contributed by atoms with Crippen LogP contribution in [0.4, 0.5) is 0 Å². The summed E-state index contributed by atoms with van der Waals surface area (Å²) in [7, 11) is 0. The molecule has 6 nitrogen and oxygen atoms in total.